The summed E-state index contributed by atoms with van der Waals surface area (Å²) < 4.78 is 16.5. The number of rotatable bonds is 10. The highest BCUT2D eigenvalue weighted by molar-refractivity contribution is 6.46. The van der Waals surface area contributed by atoms with Crippen molar-refractivity contribution in [1.82, 2.24) is 9.80 Å². The summed E-state index contributed by atoms with van der Waals surface area (Å²) in [4.78, 5) is 30.2. The number of aliphatic hydroxyl groups is 1. The summed E-state index contributed by atoms with van der Waals surface area (Å²) in [5, 5.41) is 11.3. The maximum absolute atomic E-state index is 13.2. The van der Waals surface area contributed by atoms with Crippen LogP contribution in [0.15, 0.2) is 66.8 Å². The van der Waals surface area contributed by atoms with Crippen molar-refractivity contribution >= 4 is 17.4 Å². The summed E-state index contributed by atoms with van der Waals surface area (Å²) in [6, 6.07) is 13.3. The number of aliphatic hydroxyl groups excluding tert-OH is 1. The van der Waals surface area contributed by atoms with Crippen molar-refractivity contribution in [3.05, 3.63) is 77.9 Å². The average Bonchev–Trinajstić information content (AvgIpc) is 3.17. The number of benzene rings is 2. The van der Waals surface area contributed by atoms with Gasteiger partial charge < -0.3 is 24.2 Å². The number of Topliss-reactive ketones (excluding diaryl/α,β-unsaturated/α-hetero) is 1. The summed E-state index contributed by atoms with van der Waals surface area (Å²) in [7, 11) is 0. The Morgan fingerprint density at radius 3 is 2.31 bits per heavy atom. The van der Waals surface area contributed by atoms with Gasteiger partial charge in [-0.05, 0) is 48.9 Å². The highest BCUT2D eigenvalue weighted by atomic mass is 16.5. The molecule has 2 aliphatic heterocycles. The highest BCUT2D eigenvalue weighted by Crippen LogP contribution is 2.40. The Morgan fingerprint density at radius 2 is 1.67 bits per heavy atom. The molecular formula is C28H32N2O6. The summed E-state index contributed by atoms with van der Waals surface area (Å²) in [5.41, 5.74) is 1.24. The Balaban J connectivity index is 1.68. The molecule has 1 amide bonds. The van der Waals surface area contributed by atoms with Gasteiger partial charge in [-0.15, -0.1) is 0 Å². The fourth-order valence-electron chi connectivity index (χ4n) is 4.46. The maximum Gasteiger partial charge on any atom is 0.295 e. The van der Waals surface area contributed by atoms with E-state index in [0.717, 1.165) is 18.7 Å². The van der Waals surface area contributed by atoms with Crippen LogP contribution in [-0.2, 0) is 14.3 Å². The summed E-state index contributed by atoms with van der Waals surface area (Å²) in [6.07, 6.45) is 1.64. The van der Waals surface area contributed by atoms with E-state index in [1.54, 1.807) is 35.2 Å². The largest absolute Gasteiger partial charge is 0.507 e. The lowest BCUT2D eigenvalue weighted by molar-refractivity contribution is -0.140. The number of nitrogens with zero attached hydrogens (tertiary/aromatic N) is 2. The Morgan fingerprint density at radius 1 is 1.03 bits per heavy atom. The van der Waals surface area contributed by atoms with Gasteiger partial charge in [-0.25, -0.2) is 0 Å². The zero-order valence-electron chi connectivity index (χ0n) is 20.5. The minimum absolute atomic E-state index is 0.0749. The van der Waals surface area contributed by atoms with Crippen molar-refractivity contribution in [2.75, 3.05) is 52.6 Å². The molecule has 4 rings (SSSR count). The third kappa shape index (κ3) is 5.61. The molecule has 36 heavy (non-hydrogen) atoms. The number of likely N-dealkylation sites (tertiary alicyclic amines) is 1. The van der Waals surface area contributed by atoms with Crippen LogP contribution in [0.3, 0.4) is 0 Å². The molecule has 1 atom stereocenters. The van der Waals surface area contributed by atoms with Crippen LogP contribution in [0.1, 0.15) is 24.1 Å². The van der Waals surface area contributed by atoms with E-state index in [1.807, 2.05) is 31.2 Å². The number of hydrogen-bond donors (Lipinski definition) is 1. The SMILES string of the molecule is C=CCOc1ccc(/C(O)=C2/C(=O)C(=O)N(CCN3CCOCC3)C2c2ccc(OCC)cc2)cc1. The van der Waals surface area contributed by atoms with Crippen molar-refractivity contribution in [3.8, 4) is 11.5 Å². The maximum atomic E-state index is 13.2. The molecule has 2 aromatic carbocycles. The molecule has 0 aromatic heterocycles. The number of carbonyl (C=O) groups is 2. The van der Waals surface area contributed by atoms with E-state index >= 15 is 0 Å². The number of morpholine rings is 1. The molecule has 190 valence electrons. The van der Waals surface area contributed by atoms with Gasteiger partial charge in [-0.1, -0.05) is 24.8 Å². The average molecular weight is 493 g/mol. The van der Waals surface area contributed by atoms with Gasteiger partial charge in [0.2, 0.25) is 0 Å². The number of amides is 1. The van der Waals surface area contributed by atoms with Gasteiger partial charge in [-0.2, -0.15) is 0 Å². The first-order valence-corrected chi connectivity index (χ1v) is 12.2. The van der Waals surface area contributed by atoms with Crippen LogP contribution < -0.4 is 9.47 Å². The fraction of sp³-hybridized carbons (Fsp3) is 0.357. The molecule has 0 bridgehead atoms. The zero-order chi connectivity index (χ0) is 25.5. The summed E-state index contributed by atoms with van der Waals surface area (Å²) in [5.74, 6) is -0.214. The quantitative estimate of drug-likeness (QED) is 0.235. The molecular weight excluding hydrogens is 460 g/mol. The standard InChI is InChI=1S/C28H32N2O6/c1-3-17-36-23-11-7-21(8-12-23)26(31)24-25(20-5-9-22(10-6-20)35-4-2)30(28(33)27(24)32)14-13-29-15-18-34-19-16-29/h3,5-12,25,31H,1,4,13-19H2,2H3/b26-24-. The molecule has 1 N–H and O–H groups in total. The normalized spacial score (nSPS) is 19.9. The minimum atomic E-state index is -0.710. The molecule has 2 fully saturated rings. The lowest BCUT2D eigenvalue weighted by atomic mass is 9.95. The smallest absolute Gasteiger partial charge is 0.295 e. The van der Waals surface area contributed by atoms with Crippen LogP contribution in [0.2, 0.25) is 0 Å². The molecule has 0 radical (unpaired) electrons. The lowest BCUT2D eigenvalue weighted by Crippen LogP contribution is -2.42. The van der Waals surface area contributed by atoms with E-state index < -0.39 is 17.7 Å². The van der Waals surface area contributed by atoms with Gasteiger partial charge in [0.25, 0.3) is 11.7 Å². The minimum Gasteiger partial charge on any atom is -0.507 e. The van der Waals surface area contributed by atoms with Crippen LogP contribution in [0.4, 0.5) is 0 Å². The second-order valence-corrected chi connectivity index (χ2v) is 8.57. The second kappa shape index (κ2) is 11.9. The lowest BCUT2D eigenvalue weighted by Gasteiger charge is -2.31. The van der Waals surface area contributed by atoms with Gasteiger partial charge in [-0.3, -0.25) is 14.5 Å². The predicted molar refractivity (Wildman–Crippen MR) is 136 cm³/mol. The van der Waals surface area contributed by atoms with Crippen molar-refractivity contribution in [2.45, 2.75) is 13.0 Å². The molecule has 2 saturated heterocycles. The Kier molecular flexibility index (Phi) is 8.40. The highest BCUT2D eigenvalue weighted by Gasteiger charge is 2.46. The van der Waals surface area contributed by atoms with Crippen molar-refractivity contribution in [1.29, 1.82) is 0 Å². The van der Waals surface area contributed by atoms with E-state index in [0.29, 0.717) is 56.6 Å². The Labute approximate surface area is 211 Å². The summed E-state index contributed by atoms with van der Waals surface area (Å²) >= 11 is 0. The van der Waals surface area contributed by atoms with E-state index in [9.17, 15) is 14.7 Å². The second-order valence-electron chi connectivity index (χ2n) is 8.57. The van der Waals surface area contributed by atoms with Gasteiger partial charge in [0.05, 0.1) is 31.4 Å². The van der Waals surface area contributed by atoms with Crippen LogP contribution in [0.5, 0.6) is 11.5 Å². The molecule has 2 aliphatic rings. The molecule has 8 nitrogen and oxygen atoms in total. The van der Waals surface area contributed by atoms with Gasteiger partial charge in [0, 0.05) is 31.7 Å². The van der Waals surface area contributed by atoms with E-state index in [1.165, 1.54) is 0 Å². The Hall–Kier alpha value is -3.62. The monoisotopic (exact) mass is 492 g/mol. The topological polar surface area (TPSA) is 88.5 Å². The number of ether oxygens (including phenoxy) is 3. The molecule has 2 aromatic rings. The van der Waals surface area contributed by atoms with Crippen molar-refractivity contribution in [2.24, 2.45) is 0 Å². The van der Waals surface area contributed by atoms with Crippen LogP contribution in [0, 0.1) is 0 Å². The molecule has 0 saturated carbocycles. The predicted octanol–water partition coefficient (Wildman–Crippen LogP) is 3.40. The van der Waals surface area contributed by atoms with Crippen LogP contribution in [0.25, 0.3) is 5.76 Å². The van der Waals surface area contributed by atoms with Crippen LogP contribution in [-0.4, -0.2) is 79.2 Å². The third-order valence-corrected chi connectivity index (χ3v) is 6.30. The molecule has 8 heteroatoms. The molecule has 1 unspecified atom stereocenters. The van der Waals surface area contributed by atoms with E-state index in [4.69, 9.17) is 14.2 Å². The van der Waals surface area contributed by atoms with Gasteiger partial charge in [0.1, 0.15) is 23.9 Å². The van der Waals surface area contributed by atoms with E-state index in [2.05, 4.69) is 11.5 Å². The zero-order valence-corrected chi connectivity index (χ0v) is 20.5. The summed E-state index contributed by atoms with van der Waals surface area (Å²) in [6.45, 7) is 10.2. The first-order valence-electron chi connectivity index (χ1n) is 12.2. The fourth-order valence-corrected chi connectivity index (χ4v) is 4.46. The molecule has 0 spiro atoms. The molecule has 0 aliphatic carbocycles. The first kappa shape index (κ1) is 25.5. The van der Waals surface area contributed by atoms with Crippen molar-refractivity contribution < 1.29 is 28.9 Å². The van der Waals surface area contributed by atoms with Gasteiger partial charge in [0.15, 0.2) is 0 Å². The van der Waals surface area contributed by atoms with Gasteiger partial charge >= 0.3 is 0 Å². The first-order chi connectivity index (χ1) is 17.5. The third-order valence-electron chi connectivity index (χ3n) is 6.30. The number of hydrogen-bond acceptors (Lipinski definition) is 7. The number of ketones is 1. The van der Waals surface area contributed by atoms with Crippen molar-refractivity contribution in [3.63, 3.8) is 0 Å². The Bertz CT molecular complexity index is 1100. The molecule has 2 heterocycles. The number of carbonyl (C=O) groups excluding carboxylic acids is 2. The van der Waals surface area contributed by atoms with E-state index in [-0.39, 0.29) is 11.3 Å². The van der Waals surface area contributed by atoms with Crippen LogP contribution >= 0.6 is 0 Å².